The first kappa shape index (κ1) is 14.3. The predicted octanol–water partition coefficient (Wildman–Crippen LogP) is 1.78. The molecule has 5 nitrogen and oxygen atoms in total. The van der Waals surface area contributed by atoms with Crippen LogP contribution in [-0.4, -0.2) is 36.4 Å². The zero-order valence-electron chi connectivity index (χ0n) is 11.5. The molecule has 1 aromatic carbocycles. The molecule has 2 rings (SSSR count). The number of amides is 2. The average molecular weight is 280 g/mol. The number of nitrogens with one attached hydrogen (secondary N) is 1. The third kappa shape index (κ3) is 2.74. The highest BCUT2D eigenvalue weighted by molar-refractivity contribution is 6.06. The molecule has 1 atom stereocenters. The highest BCUT2D eigenvalue weighted by Crippen LogP contribution is 2.24. The summed E-state index contributed by atoms with van der Waals surface area (Å²) in [6.07, 6.45) is 0.854. The van der Waals surface area contributed by atoms with Gasteiger partial charge in [0.15, 0.2) is 11.6 Å². The lowest BCUT2D eigenvalue weighted by Crippen LogP contribution is -2.35. The number of ether oxygens (including phenoxy) is 1. The Morgan fingerprint density at radius 2 is 2.20 bits per heavy atom. The van der Waals surface area contributed by atoms with Crippen molar-refractivity contribution in [2.75, 3.05) is 19.0 Å². The highest BCUT2D eigenvalue weighted by atomic mass is 19.1. The normalized spacial score (nSPS) is 18.6. The quantitative estimate of drug-likeness (QED) is 0.835. The molecule has 0 aromatic heterocycles. The fourth-order valence-electron chi connectivity index (χ4n) is 2.21. The number of imide groups is 1. The van der Waals surface area contributed by atoms with Gasteiger partial charge in [-0.15, -0.1) is 0 Å². The summed E-state index contributed by atoms with van der Waals surface area (Å²) in [6.45, 7) is 2.34. The summed E-state index contributed by atoms with van der Waals surface area (Å²) in [6, 6.07) is 3.64. The summed E-state index contributed by atoms with van der Waals surface area (Å²) in [4.78, 5) is 25.1. The van der Waals surface area contributed by atoms with Crippen molar-refractivity contribution in [2.45, 2.75) is 25.8 Å². The zero-order valence-corrected chi connectivity index (χ0v) is 11.5. The summed E-state index contributed by atoms with van der Waals surface area (Å²) in [7, 11) is 1.37. The lowest BCUT2D eigenvalue weighted by molar-refractivity contribution is -0.138. The Bertz CT molecular complexity index is 533. The number of hydrogen-bond acceptors (Lipinski definition) is 4. The molecule has 1 aliphatic heterocycles. The van der Waals surface area contributed by atoms with Crippen molar-refractivity contribution >= 4 is 17.5 Å². The van der Waals surface area contributed by atoms with E-state index < -0.39 is 11.9 Å². The largest absolute Gasteiger partial charge is 0.494 e. The Hall–Kier alpha value is -2.11. The molecule has 1 unspecified atom stereocenters. The summed E-state index contributed by atoms with van der Waals surface area (Å²) in [5.41, 5.74) is 0.549. The Morgan fingerprint density at radius 1 is 1.45 bits per heavy atom. The number of likely N-dealkylation sites (tertiary alicyclic amines) is 1. The van der Waals surface area contributed by atoms with Crippen molar-refractivity contribution in [3.63, 3.8) is 0 Å². The van der Waals surface area contributed by atoms with Crippen LogP contribution in [0.15, 0.2) is 18.2 Å². The molecule has 6 heteroatoms. The molecule has 2 amide bonds. The molecule has 1 N–H and O–H groups in total. The minimum Gasteiger partial charge on any atom is -0.494 e. The van der Waals surface area contributed by atoms with Crippen LogP contribution in [0.25, 0.3) is 0 Å². The van der Waals surface area contributed by atoms with Gasteiger partial charge in [-0.1, -0.05) is 6.92 Å². The molecule has 1 aliphatic rings. The third-order valence-corrected chi connectivity index (χ3v) is 3.18. The SMILES string of the molecule is CCCN1C(=O)CC(Nc2ccc(F)c(OC)c2)C1=O. The first-order chi connectivity index (χ1) is 9.56. The van der Waals surface area contributed by atoms with Crippen LogP contribution in [0.3, 0.4) is 0 Å². The first-order valence-electron chi connectivity index (χ1n) is 6.51. The van der Waals surface area contributed by atoms with E-state index in [-0.39, 0.29) is 24.0 Å². The van der Waals surface area contributed by atoms with Gasteiger partial charge < -0.3 is 10.1 Å². The second-order valence-corrected chi connectivity index (χ2v) is 4.63. The van der Waals surface area contributed by atoms with Gasteiger partial charge in [0, 0.05) is 18.3 Å². The van der Waals surface area contributed by atoms with E-state index in [1.165, 1.54) is 30.2 Å². The average Bonchev–Trinajstić information content (AvgIpc) is 2.69. The van der Waals surface area contributed by atoms with E-state index in [1.807, 2.05) is 6.92 Å². The topological polar surface area (TPSA) is 58.6 Å². The van der Waals surface area contributed by atoms with Crippen LogP contribution in [-0.2, 0) is 9.59 Å². The molecule has 0 radical (unpaired) electrons. The van der Waals surface area contributed by atoms with Crippen LogP contribution in [0.2, 0.25) is 0 Å². The Balaban J connectivity index is 2.11. The number of carbonyl (C=O) groups is 2. The van der Waals surface area contributed by atoms with Gasteiger partial charge in [-0.2, -0.15) is 0 Å². The molecule has 0 spiro atoms. The van der Waals surface area contributed by atoms with Crippen molar-refractivity contribution in [1.82, 2.24) is 4.90 Å². The molecule has 0 saturated carbocycles. The van der Waals surface area contributed by atoms with Crippen molar-refractivity contribution in [3.8, 4) is 5.75 Å². The van der Waals surface area contributed by atoms with Crippen LogP contribution in [0, 0.1) is 5.82 Å². The van der Waals surface area contributed by atoms with Gasteiger partial charge in [-0.25, -0.2) is 4.39 Å². The van der Waals surface area contributed by atoms with Gasteiger partial charge in [0.1, 0.15) is 6.04 Å². The Morgan fingerprint density at radius 3 is 2.85 bits per heavy atom. The van der Waals surface area contributed by atoms with Gasteiger partial charge in [-0.3, -0.25) is 14.5 Å². The van der Waals surface area contributed by atoms with E-state index in [0.717, 1.165) is 6.42 Å². The second-order valence-electron chi connectivity index (χ2n) is 4.63. The van der Waals surface area contributed by atoms with E-state index >= 15 is 0 Å². The van der Waals surface area contributed by atoms with Crippen LogP contribution in [0.4, 0.5) is 10.1 Å². The Kier molecular flexibility index (Phi) is 4.22. The van der Waals surface area contributed by atoms with Gasteiger partial charge >= 0.3 is 0 Å². The molecule has 1 saturated heterocycles. The van der Waals surface area contributed by atoms with Crippen molar-refractivity contribution in [3.05, 3.63) is 24.0 Å². The highest BCUT2D eigenvalue weighted by Gasteiger charge is 2.37. The molecule has 1 aromatic rings. The van der Waals surface area contributed by atoms with E-state index in [9.17, 15) is 14.0 Å². The number of anilines is 1. The number of halogens is 1. The van der Waals surface area contributed by atoms with Crippen LogP contribution in [0.1, 0.15) is 19.8 Å². The maximum Gasteiger partial charge on any atom is 0.252 e. The monoisotopic (exact) mass is 280 g/mol. The Labute approximate surface area is 116 Å². The molecule has 0 aliphatic carbocycles. The fourth-order valence-corrected chi connectivity index (χ4v) is 2.21. The zero-order chi connectivity index (χ0) is 14.7. The molecular formula is C14H17FN2O3. The predicted molar refractivity (Wildman–Crippen MR) is 72.0 cm³/mol. The number of hydrogen-bond donors (Lipinski definition) is 1. The van der Waals surface area contributed by atoms with Crippen LogP contribution < -0.4 is 10.1 Å². The minimum atomic E-state index is -0.593. The van der Waals surface area contributed by atoms with E-state index in [4.69, 9.17) is 4.74 Å². The fraction of sp³-hybridized carbons (Fsp3) is 0.429. The maximum absolute atomic E-state index is 13.3. The molecule has 108 valence electrons. The van der Waals surface area contributed by atoms with Crippen molar-refractivity contribution in [1.29, 1.82) is 0 Å². The number of methoxy groups -OCH3 is 1. The maximum atomic E-state index is 13.3. The van der Waals surface area contributed by atoms with E-state index in [2.05, 4.69) is 5.32 Å². The third-order valence-electron chi connectivity index (χ3n) is 3.18. The summed E-state index contributed by atoms with van der Waals surface area (Å²) >= 11 is 0. The molecule has 1 heterocycles. The van der Waals surface area contributed by atoms with Gasteiger partial charge in [0.05, 0.1) is 13.5 Å². The number of carbonyl (C=O) groups excluding carboxylic acids is 2. The molecule has 1 fully saturated rings. The van der Waals surface area contributed by atoms with E-state index in [0.29, 0.717) is 12.2 Å². The molecule has 0 bridgehead atoms. The van der Waals surface area contributed by atoms with Crippen molar-refractivity contribution < 1.29 is 18.7 Å². The summed E-state index contributed by atoms with van der Waals surface area (Å²) < 4.78 is 18.2. The number of benzene rings is 1. The minimum absolute atomic E-state index is 0.0946. The van der Waals surface area contributed by atoms with Gasteiger partial charge in [-0.05, 0) is 18.6 Å². The summed E-state index contributed by atoms with van der Waals surface area (Å²) in [5.74, 6) is -0.791. The molecule has 20 heavy (non-hydrogen) atoms. The summed E-state index contributed by atoms with van der Waals surface area (Å²) in [5, 5.41) is 2.95. The second kappa shape index (κ2) is 5.90. The number of nitrogens with zero attached hydrogens (tertiary/aromatic N) is 1. The standard InChI is InChI=1S/C14H17FN2O3/c1-3-6-17-13(18)8-11(14(17)19)16-9-4-5-10(15)12(7-9)20-2/h4-5,7,11,16H,3,6,8H2,1-2H3. The van der Waals surface area contributed by atoms with Gasteiger partial charge in [0.2, 0.25) is 5.91 Å². The smallest absolute Gasteiger partial charge is 0.252 e. The van der Waals surface area contributed by atoms with Crippen LogP contribution in [0.5, 0.6) is 5.75 Å². The lowest BCUT2D eigenvalue weighted by atomic mass is 10.2. The van der Waals surface area contributed by atoms with Crippen molar-refractivity contribution in [2.24, 2.45) is 0 Å². The first-order valence-corrected chi connectivity index (χ1v) is 6.51. The van der Waals surface area contributed by atoms with Crippen LogP contribution >= 0.6 is 0 Å². The number of rotatable bonds is 5. The molecular weight excluding hydrogens is 263 g/mol. The lowest BCUT2D eigenvalue weighted by Gasteiger charge is -2.15. The van der Waals surface area contributed by atoms with Gasteiger partial charge in [0.25, 0.3) is 5.91 Å². The van der Waals surface area contributed by atoms with E-state index in [1.54, 1.807) is 0 Å².